The van der Waals surface area contributed by atoms with Gasteiger partial charge in [0.05, 0.1) is 16.6 Å². The van der Waals surface area contributed by atoms with E-state index in [1.807, 2.05) is 31.2 Å². The largest absolute Gasteiger partial charge is 0.369 e. The summed E-state index contributed by atoms with van der Waals surface area (Å²) in [4.78, 5) is 28.7. The van der Waals surface area contributed by atoms with Crippen LogP contribution in [-0.2, 0) is 13.0 Å². The summed E-state index contributed by atoms with van der Waals surface area (Å²) in [5.74, 6) is 1.05. The van der Waals surface area contributed by atoms with Crippen LogP contribution in [0.25, 0.3) is 22.2 Å². The number of fused-ring (bicyclic) bond motifs is 2. The molecule has 4 aromatic rings. The standard InChI is InChI=1S/C18H19N7O/c1-2-25-16-14(24-18(25)19)9-11(10-21-16)17(26)20-8-7-15-22-12-5-3-4-6-13(12)23-15/h3-6,9-10H,2,7-8H2,1H3,(H2,19,24)(H,20,26)(H,22,23). The Morgan fingerprint density at radius 1 is 1.27 bits per heavy atom. The molecule has 0 radical (unpaired) electrons. The maximum Gasteiger partial charge on any atom is 0.252 e. The lowest BCUT2D eigenvalue weighted by Crippen LogP contribution is -2.26. The lowest BCUT2D eigenvalue weighted by molar-refractivity contribution is 0.0954. The zero-order valence-corrected chi connectivity index (χ0v) is 14.4. The number of aryl methyl sites for hydroxylation is 1. The van der Waals surface area contributed by atoms with Gasteiger partial charge >= 0.3 is 0 Å². The number of nitrogens with zero attached hydrogens (tertiary/aromatic N) is 4. The van der Waals surface area contributed by atoms with E-state index in [0.29, 0.717) is 42.2 Å². The minimum atomic E-state index is -0.194. The van der Waals surface area contributed by atoms with Gasteiger partial charge in [0.15, 0.2) is 5.65 Å². The molecule has 0 bridgehead atoms. The van der Waals surface area contributed by atoms with Crippen LogP contribution in [0.3, 0.4) is 0 Å². The second-order valence-corrected chi connectivity index (χ2v) is 5.99. The van der Waals surface area contributed by atoms with Crippen molar-refractivity contribution < 1.29 is 4.79 Å². The van der Waals surface area contributed by atoms with E-state index in [-0.39, 0.29) is 5.91 Å². The molecule has 132 valence electrons. The van der Waals surface area contributed by atoms with Gasteiger partial charge in [0, 0.05) is 25.7 Å². The molecule has 8 nitrogen and oxygen atoms in total. The number of imidazole rings is 2. The van der Waals surface area contributed by atoms with Crippen molar-refractivity contribution in [2.45, 2.75) is 19.9 Å². The molecule has 1 amide bonds. The molecule has 0 atom stereocenters. The van der Waals surface area contributed by atoms with Crippen molar-refractivity contribution in [3.8, 4) is 0 Å². The number of nitrogens with one attached hydrogen (secondary N) is 2. The number of rotatable bonds is 5. The van der Waals surface area contributed by atoms with Crippen molar-refractivity contribution in [1.82, 2.24) is 29.8 Å². The summed E-state index contributed by atoms with van der Waals surface area (Å²) in [6.07, 6.45) is 2.17. The number of H-pyrrole nitrogens is 1. The first-order valence-corrected chi connectivity index (χ1v) is 8.49. The van der Waals surface area contributed by atoms with E-state index in [0.717, 1.165) is 16.9 Å². The van der Waals surface area contributed by atoms with Crippen molar-refractivity contribution in [1.29, 1.82) is 0 Å². The van der Waals surface area contributed by atoms with E-state index in [9.17, 15) is 4.79 Å². The maximum absolute atomic E-state index is 12.4. The normalized spacial score (nSPS) is 11.3. The number of nitrogen functional groups attached to an aromatic ring is 1. The third-order valence-electron chi connectivity index (χ3n) is 4.28. The fourth-order valence-electron chi connectivity index (χ4n) is 2.98. The molecule has 0 aliphatic carbocycles. The Morgan fingerprint density at radius 3 is 2.92 bits per heavy atom. The summed E-state index contributed by atoms with van der Waals surface area (Å²) in [5.41, 5.74) is 9.55. The number of aromatic amines is 1. The van der Waals surface area contributed by atoms with E-state index in [2.05, 4.69) is 25.3 Å². The second kappa shape index (κ2) is 6.47. The molecule has 0 fully saturated rings. The number of hydrogen-bond acceptors (Lipinski definition) is 5. The molecule has 0 saturated carbocycles. The fraction of sp³-hybridized carbons (Fsp3) is 0.222. The highest BCUT2D eigenvalue weighted by Crippen LogP contribution is 2.16. The van der Waals surface area contributed by atoms with Crippen molar-refractivity contribution >= 4 is 34.1 Å². The highest BCUT2D eigenvalue weighted by Gasteiger charge is 2.12. The SMILES string of the molecule is CCn1c(N)nc2cc(C(=O)NCCc3nc4ccccc4[nH]3)cnc21. The van der Waals surface area contributed by atoms with E-state index >= 15 is 0 Å². The van der Waals surface area contributed by atoms with Crippen molar-refractivity contribution in [3.05, 3.63) is 47.9 Å². The topological polar surface area (TPSA) is 115 Å². The van der Waals surface area contributed by atoms with Crippen LogP contribution in [0.1, 0.15) is 23.1 Å². The molecular formula is C18H19N7O. The minimum absolute atomic E-state index is 0.194. The van der Waals surface area contributed by atoms with E-state index < -0.39 is 0 Å². The number of hydrogen-bond donors (Lipinski definition) is 3. The lowest BCUT2D eigenvalue weighted by Gasteiger charge is -2.04. The van der Waals surface area contributed by atoms with Crippen LogP contribution in [0.4, 0.5) is 5.95 Å². The first kappa shape index (κ1) is 16.1. The zero-order chi connectivity index (χ0) is 18.1. The first-order valence-electron chi connectivity index (χ1n) is 8.49. The van der Waals surface area contributed by atoms with Gasteiger partial charge in [0.25, 0.3) is 5.91 Å². The third kappa shape index (κ3) is 2.85. The Kier molecular flexibility index (Phi) is 4.00. The molecule has 4 N–H and O–H groups in total. The monoisotopic (exact) mass is 349 g/mol. The predicted octanol–water partition coefficient (Wildman–Crippen LogP) is 1.88. The summed E-state index contributed by atoms with van der Waals surface area (Å²) in [6.45, 7) is 3.12. The predicted molar refractivity (Wildman–Crippen MR) is 99.7 cm³/mol. The number of anilines is 1. The Labute approximate surface area is 149 Å². The molecule has 0 unspecified atom stereocenters. The molecule has 4 rings (SSSR count). The zero-order valence-electron chi connectivity index (χ0n) is 14.4. The van der Waals surface area contributed by atoms with Gasteiger partial charge in [-0.25, -0.2) is 15.0 Å². The Hall–Kier alpha value is -3.42. The number of carbonyl (C=O) groups is 1. The van der Waals surface area contributed by atoms with Gasteiger partial charge in [-0.05, 0) is 25.1 Å². The Bertz CT molecular complexity index is 1060. The van der Waals surface area contributed by atoms with Gasteiger partial charge in [-0.2, -0.15) is 0 Å². The molecule has 1 aromatic carbocycles. The number of nitrogens with two attached hydrogens (primary N) is 1. The third-order valence-corrected chi connectivity index (χ3v) is 4.28. The Morgan fingerprint density at radius 2 is 2.12 bits per heavy atom. The van der Waals surface area contributed by atoms with Gasteiger partial charge in [0.2, 0.25) is 5.95 Å². The lowest BCUT2D eigenvalue weighted by atomic mass is 10.2. The summed E-state index contributed by atoms with van der Waals surface area (Å²) in [7, 11) is 0. The van der Waals surface area contributed by atoms with Crippen molar-refractivity contribution in [3.63, 3.8) is 0 Å². The molecule has 0 aliphatic rings. The highest BCUT2D eigenvalue weighted by molar-refractivity contribution is 5.96. The number of aromatic nitrogens is 5. The van der Waals surface area contributed by atoms with Crippen LogP contribution in [0, 0.1) is 0 Å². The number of carbonyl (C=O) groups excluding carboxylic acids is 1. The molecule has 3 heterocycles. The quantitative estimate of drug-likeness (QED) is 0.509. The summed E-state index contributed by atoms with van der Waals surface area (Å²) < 4.78 is 1.80. The van der Waals surface area contributed by atoms with E-state index in [1.165, 1.54) is 0 Å². The summed E-state index contributed by atoms with van der Waals surface area (Å²) >= 11 is 0. The van der Waals surface area contributed by atoms with Crippen LogP contribution >= 0.6 is 0 Å². The molecule has 3 aromatic heterocycles. The fourth-order valence-corrected chi connectivity index (χ4v) is 2.98. The number of amides is 1. The van der Waals surface area contributed by atoms with Crippen LogP contribution in [-0.4, -0.2) is 37.0 Å². The summed E-state index contributed by atoms with van der Waals surface area (Å²) in [5, 5.41) is 2.89. The van der Waals surface area contributed by atoms with Crippen LogP contribution in [0.15, 0.2) is 36.5 Å². The van der Waals surface area contributed by atoms with Gasteiger partial charge in [-0.1, -0.05) is 12.1 Å². The molecule has 0 spiro atoms. The average Bonchev–Trinajstić information content (AvgIpc) is 3.19. The number of benzene rings is 1. The summed E-state index contributed by atoms with van der Waals surface area (Å²) in [6, 6.07) is 9.55. The molecule has 0 saturated heterocycles. The van der Waals surface area contributed by atoms with Crippen molar-refractivity contribution in [2.75, 3.05) is 12.3 Å². The Balaban J connectivity index is 1.43. The van der Waals surface area contributed by atoms with E-state index in [1.54, 1.807) is 16.8 Å². The second-order valence-electron chi connectivity index (χ2n) is 5.99. The minimum Gasteiger partial charge on any atom is -0.369 e. The number of pyridine rings is 1. The smallest absolute Gasteiger partial charge is 0.252 e. The van der Waals surface area contributed by atoms with E-state index in [4.69, 9.17) is 5.73 Å². The first-order chi connectivity index (χ1) is 12.7. The highest BCUT2D eigenvalue weighted by atomic mass is 16.1. The van der Waals surface area contributed by atoms with Crippen LogP contribution in [0.2, 0.25) is 0 Å². The van der Waals surface area contributed by atoms with Gasteiger partial charge in [0.1, 0.15) is 11.3 Å². The molecule has 0 aliphatic heterocycles. The number of para-hydroxylation sites is 2. The maximum atomic E-state index is 12.4. The molecule has 8 heteroatoms. The van der Waals surface area contributed by atoms with Crippen LogP contribution in [0.5, 0.6) is 0 Å². The van der Waals surface area contributed by atoms with Crippen molar-refractivity contribution in [2.24, 2.45) is 0 Å². The average molecular weight is 349 g/mol. The molecule has 26 heavy (non-hydrogen) atoms. The van der Waals surface area contributed by atoms with Gasteiger partial charge in [-0.15, -0.1) is 0 Å². The molecular weight excluding hydrogens is 330 g/mol. The van der Waals surface area contributed by atoms with Crippen LogP contribution < -0.4 is 11.1 Å². The van der Waals surface area contributed by atoms with Gasteiger partial charge in [-0.3, -0.25) is 9.36 Å². The van der Waals surface area contributed by atoms with Gasteiger partial charge < -0.3 is 16.0 Å².